The van der Waals surface area contributed by atoms with E-state index in [9.17, 15) is 8.42 Å². The minimum atomic E-state index is -3.76. The maximum Gasteiger partial charge on any atom is 0.269 e. The van der Waals surface area contributed by atoms with Gasteiger partial charge in [0.15, 0.2) is 5.65 Å². The molecule has 168 valence electrons. The monoisotopic (exact) mass is 524 g/mol. The fraction of sp³-hybridized carbons (Fsp3) is 0.174. The van der Waals surface area contributed by atoms with E-state index in [2.05, 4.69) is 43.5 Å². The van der Waals surface area contributed by atoms with Gasteiger partial charge < -0.3 is 5.32 Å². The molecule has 33 heavy (non-hydrogen) atoms. The zero-order valence-corrected chi connectivity index (χ0v) is 20.2. The highest BCUT2D eigenvalue weighted by molar-refractivity contribution is 9.10. The van der Waals surface area contributed by atoms with Crippen LogP contribution < -0.4 is 5.32 Å². The minimum absolute atomic E-state index is 0.159. The third-order valence-corrected chi connectivity index (χ3v) is 7.77. The number of hydrogen-bond acceptors (Lipinski definition) is 6. The van der Waals surface area contributed by atoms with Gasteiger partial charge in [0.1, 0.15) is 11.6 Å². The molecular formula is C23H21BrN6O2S. The standard InChI is InChI=1S/C23H21BrN6O2S/c1-16-7-9-18(10-8-16)33(31,32)29-12-11-25-22(29)15-26-21-13-20(17-5-3-2-4-6-17)28-23-19(24)14-27-30(21)23/h2-5,7-14,17,26H,6,15H2,1H3. The predicted molar refractivity (Wildman–Crippen MR) is 130 cm³/mol. The lowest BCUT2D eigenvalue weighted by atomic mass is 9.97. The Hall–Kier alpha value is -3.24. The van der Waals surface area contributed by atoms with Crippen LogP contribution in [-0.2, 0) is 16.6 Å². The summed E-state index contributed by atoms with van der Waals surface area (Å²) >= 11 is 3.52. The average Bonchev–Trinajstić information content (AvgIpc) is 3.46. The zero-order chi connectivity index (χ0) is 23.0. The third kappa shape index (κ3) is 4.11. The second-order valence-electron chi connectivity index (χ2n) is 7.76. The molecule has 1 aromatic carbocycles. The Morgan fingerprint density at radius 2 is 2.03 bits per heavy atom. The normalized spacial score (nSPS) is 15.9. The van der Waals surface area contributed by atoms with Crippen LogP contribution in [0.4, 0.5) is 5.82 Å². The molecule has 1 unspecified atom stereocenters. The molecule has 0 spiro atoms. The first-order chi connectivity index (χ1) is 15.9. The summed E-state index contributed by atoms with van der Waals surface area (Å²) in [4.78, 5) is 9.28. The van der Waals surface area contributed by atoms with E-state index in [-0.39, 0.29) is 17.4 Å². The lowest BCUT2D eigenvalue weighted by Gasteiger charge is -2.16. The number of aryl methyl sites for hydroxylation is 1. The van der Waals surface area contributed by atoms with Crippen molar-refractivity contribution in [3.8, 4) is 0 Å². The van der Waals surface area contributed by atoms with Crippen LogP contribution in [0.2, 0.25) is 0 Å². The Morgan fingerprint density at radius 3 is 2.79 bits per heavy atom. The van der Waals surface area contributed by atoms with Gasteiger partial charge in [-0.05, 0) is 41.4 Å². The van der Waals surface area contributed by atoms with Crippen molar-refractivity contribution in [2.75, 3.05) is 5.32 Å². The van der Waals surface area contributed by atoms with Crippen LogP contribution in [0.1, 0.15) is 29.4 Å². The first-order valence-corrected chi connectivity index (χ1v) is 12.6. The number of rotatable bonds is 6. The van der Waals surface area contributed by atoms with Gasteiger partial charge in [-0.3, -0.25) is 0 Å². The van der Waals surface area contributed by atoms with Crippen LogP contribution >= 0.6 is 15.9 Å². The second kappa shape index (κ2) is 8.60. The number of nitrogens with zero attached hydrogens (tertiary/aromatic N) is 5. The molecule has 3 heterocycles. The van der Waals surface area contributed by atoms with E-state index >= 15 is 0 Å². The third-order valence-electron chi connectivity index (χ3n) is 5.49. The Labute approximate surface area is 199 Å². The van der Waals surface area contributed by atoms with Gasteiger partial charge in [0.05, 0.1) is 27.8 Å². The predicted octanol–water partition coefficient (Wildman–Crippen LogP) is 4.45. The van der Waals surface area contributed by atoms with Gasteiger partial charge in [-0.2, -0.15) is 9.61 Å². The molecule has 1 aliphatic carbocycles. The van der Waals surface area contributed by atoms with Crippen molar-refractivity contribution in [3.05, 3.63) is 94.8 Å². The van der Waals surface area contributed by atoms with Crippen LogP contribution in [0, 0.1) is 6.92 Å². The summed E-state index contributed by atoms with van der Waals surface area (Å²) in [5.41, 5.74) is 2.59. The number of anilines is 1. The van der Waals surface area contributed by atoms with E-state index in [0.717, 1.165) is 22.2 Å². The summed E-state index contributed by atoms with van der Waals surface area (Å²) in [5, 5.41) is 7.70. The van der Waals surface area contributed by atoms with Gasteiger partial charge in [0, 0.05) is 24.4 Å². The molecule has 5 rings (SSSR count). The molecule has 4 aromatic rings. The van der Waals surface area contributed by atoms with Crippen molar-refractivity contribution in [2.24, 2.45) is 0 Å². The number of aromatic nitrogens is 5. The molecule has 1 atom stereocenters. The highest BCUT2D eigenvalue weighted by atomic mass is 79.9. The maximum absolute atomic E-state index is 13.2. The molecule has 1 N–H and O–H groups in total. The number of halogens is 1. The Bertz CT molecular complexity index is 1490. The molecule has 0 radical (unpaired) electrons. The Morgan fingerprint density at radius 1 is 1.21 bits per heavy atom. The summed E-state index contributed by atoms with van der Waals surface area (Å²) in [7, 11) is -3.76. The Balaban J connectivity index is 1.47. The zero-order valence-electron chi connectivity index (χ0n) is 17.8. The van der Waals surface area contributed by atoms with Crippen LogP contribution in [-0.4, -0.2) is 32.0 Å². The van der Waals surface area contributed by atoms with Crippen molar-refractivity contribution in [1.29, 1.82) is 0 Å². The van der Waals surface area contributed by atoms with Crippen molar-refractivity contribution in [3.63, 3.8) is 0 Å². The van der Waals surface area contributed by atoms with E-state index in [1.165, 1.54) is 16.4 Å². The molecule has 10 heteroatoms. The van der Waals surface area contributed by atoms with Gasteiger partial charge in [0.25, 0.3) is 10.0 Å². The molecule has 0 fully saturated rings. The number of benzene rings is 1. The highest BCUT2D eigenvalue weighted by Crippen LogP contribution is 2.28. The van der Waals surface area contributed by atoms with Gasteiger partial charge in [-0.25, -0.2) is 22.4 Å². The van der Waals surface area contributed by atoms with Gasteiger partial charge in [0.2, 0.25) is 0 Å². The Kier molecular flexibility index (Phi) is 5.63. The van der Waals surface area contributed by atoms with E-state index in [1.54, 1.807) is 35.0 Å². The number of hydrogen-bond donors (Lipinski definition) is 1. The molecule has 3 aromatic heterocycles. The number of allylic oxidation sites excluding steroid dienone is 4. The van der Waals surface area contributed by atoms with E-state index < -0.39 is 10.0 Å². The van der Waals surface area contributed by atoms with Crippen LogP contribution in [0.25, 0.3) is 5.65 Å². The lowest BCUT2D eigenvalue weighted by Crippen LogP contribution is -2.18. The molecule has 0 saturated carbocycles. The molecule has 0 saturated heterocycles. The van der Waals surface area contributed by atoms with Crippen molar-refractivity contribution in [1.82, 2.24) is 23.6 Å². The molecular weight excluding hydrogens is 504 g/mol. The molecule has 1 aliphatic rings. The van der Waals surface area contributed by atoms with E-state index in [0.29, 0.717) is 17.3 Å². The summed E-state index contributed by atoms with van der Waals surface area (Å²) in [5.74, 6) is 1.23. The number of imidazole rings is 1. The lowest BCUT2D eigenvalue weighted by molar-refractivity contribution is 0.584. The van der Waals surface area contributed by atoms with E-state index in [1.807, 2.05) is 25.1 Å². The summed E-state index contributed by atoms with van der Waals surface area (Å²) in [6.45, 7) is 2.11. The molecule has 0 amide bonds. The van der Waals surface area contributed by atoms with Gasteiger partial charge in [-0.1, -0.05) is 42.0 Å². The second-order valence-corrected chi connectivity index (χ2v) is 10.4. The van der Waals surface area contributed by atoms with Crippen LogP contribution in [0.5, 0.6) is 0 Å². The highest BCUT2D eigenvalue weighted by Gasteiger charge is 2.21. The largest absolute Gasteiger partial charge is 0.363 e. The van der Waals surface area contributed by atoms with Crippen LogP contribution in [0.15, 0.2) is 82.6 Å². The number of fused-ring (bicyclic) bond motifs is 1. The van der Waals surface area contributed by atoms with Crippen molar-refractivity contribution >= 4 is 37.4 Å². The topological polar surface area (TPSA) is 94.2 Å². The molecule has 0 aliphatic heterocycles. The number of nitrogens with one attached hydrogen (secondary N) is 1. The maximum atomic E-state index is 13.2. The van der Waals surface area contributed by atoms with Crippen LogP contribution in [0.3, 0.4) is 0 Å². The average molecular weight is 525 g/mol. The van der Waals surface area contributed by atoms with Gasteiger partial charge in [-0.15, -0.1) is 0 Å². The van der Waals surface area contributed by atoms with E-state index in [4.69, 9.17) is 4.98 Å². The van der Waals surface area contributed by atoms with Crippen molar-refractivity contribution in [2.45, 2.75) is 30.7 Å². The summed E-state index contributed by atoms with van der Waals surface area (Å²) in [6, 6.07) is 8.72. The van der Waals surface area contributed by atoms with Gasteiger partial charge >= 0.3 is 0 Å². The summed E-state index contributed by atoms with van der Waals surface area (Å²) < 4.78 is 30.0. The summed E-state index contributed by atoms with van der Waals surface area (Å²) in [6.07, 6.45) is 13.8. The van der Waals surface area contributed by atoms with Crippen molar-refractivity contribution < 1.29 is 8.42 Å². The molecule has 8 nitrogen and oxygen atoms in total. The first kappa shape index (κ1) is 21.6. The smallest absolute Gasteiger partial charge is 0.269 e. The fourth-order valence-corrected chi connectivity index (χ4v) is 5.39. The fourth-order valence-electron chi connectivity index (χ4n) is 3.73. The quantitative estimate of drug-likeness (QED) is 0.400. The first-order valence-electron chi connectivity index (χ1n) is 10.4. The molecule has 0 bridgehead atoms. The SMILES string of the molecule is Cc1ccc(S(=O)(=O)n2ccnc2CNc2cc(C3C=CC=CC3)nc3c(Br)cnn23)cc1. The minimum Gasteiger partial charge on any atom is -0.363 e.